The van der Waals surface area contributed by atoms with Gasteiger partial charge in [0.05, 0.1) is 13.2 Å². The van der Waals surface area contributed by atoms with Crippen LogP contribution in [0.2, 0.25) is 0 Å². The molecule has 0 amide bonds. The summed E-state index contributed by atoms with van der Waals surface area (Å²) in [5.74, 6) is -0.231. The minimum Gasteiger partial charge on any atom is -0.463 e. The molecule has 0 unspecified atom stereocenters. The van der Waals surface area contributed by atoms with Gasteiger partial charge in [-0.2, -0.15) is 0 Å². The zero-order valence-corrected chi connectivity index (χ0v) is 20.1. The summed E-state index contributed by atoms with van der Waals surface area (Å²) < 4.78 is 9.86. The average Bonchev–Trinajstić information content (AvgIpc) is 2.65. The van der Waals surface area contributed by atoms with Crippen LogP contribution in [0.1, 0.15) is 110 Å². The van der Waals surface area contributed by atoms with Crippen molar-refractivity contribution in [1.82, 2.24) is 0 Å². The monoisotopic (exact) mass is 450 g/mol. The van der Waals surface area contributed by atoms with E-state index in [-0.39, 0.29) is 5.97 Å². The van der Waals surface area contributed by atoms with Crippen molar-refractivity contribution in [3.63, 3.8) is 0 Å². The van der Waals surface area contributed by atoms with Gasteiger partial charge in [0.25, 0.3) is 0 Å². The Morgan fingerprint density at radius 1 is 0.724 bits per heavy atom. The number of hydrogen-bond donors (Lipinski definition) is 2. The molecule has 0 aliphatic rings. The van der Waals surface area contributed by atoms with Gasteiger partial charge >= 0.3 is 12.7 Å². The maximum Gasteiger partial charge on any atom is 0.330 e. The summed E-state index contributed by atoms with van der Waals surface area (Å²) in [6, 6.07) is 0. The number of carbonyl (C=O) groups excluding carboxylic acids is 1. The first kappa shape index (κ1) is 28.7. The summed E-state index contributed by atoms with van der Waals surface area (Å²) in [7, 11) is 0. The summed E-state index contributed by atoms with van der Waals surface area (Å²) in [4.78, 5) is 29.0. The molecule has 0 rings (SSSR count). The van der Waals surface area contributed by atoms with E-state index < -0.39 is 6.72 Å². The largest absolute Gasteiger partial charge is 0.463 e. The van der Waals surface area contributed by atoms with Crippen LogP contribution in [0, 0.1) is 0 Å². The minimum absolute atomic E-state index is 0.231. The third-order valence-corrected chi connectivity index (χ3v) is 5.68. The third kappa shape index (κ3) is 25.7. The molecule has 172 valence electrons. The van der Waals surface area contributed by atoms with Crippen LogP contribution >= 0.6 is 6.72 Å². The van der Waals surface area contributed by atoms with Crippen LogP contribution in [0.15, 0.2) is 12.2 Å². The van der Waals surface area contributed by atoms with Gasteiger partial charge < -0.3 is 19.0 Å². The molecule has 29 heavy (non-hydrogen) atoms. The van der Waals surface area contributed by atoms with Crippen LogP contribution in [-0.2, 0) is 25.9 Å². The Morgan fingerprint density at radius 2 is 1.07 bits per heavy atom. The quantitative estimate of drug-likeness (QED) is 0.0891. The highest BCUT2D eigenvalue weighted by Crippen LogP contribution is 2.36. The van der Waals surface area contributed by atoms with Crippen molar-refractivity contribution in [2.24, 2.45) is 0 Å². The lowest BCUT2D eigenvalue weighted by Gasteiger charge is -2.07. The third-order valence-electron chi connectivity index (χ3n) is 4.85. The molecule has 0 spiro atoms. The SMILES string of the molecule is CC=CC(=O)OCCCCCCCCCCCCCCCCCCOP(O)(O)=S. The molecule has 2 N–H and O–H groups in total. The zero-order valence-electron chi connectivity index (χ0n) is 18.4. The van der Waals surface area contributed by atoms with Crippen LogP contribution in [0.3, 0.4) is 0 Å². The normalized spacial score (nSPS) is 12.0. The van der Waals surface area contributed by atoms with Gasteiger partial charge in [-0.1, -0.05) is 96.0 Å². The van der Waals surface area contributed by atoms with E-state index in [9.17, 15) is 4.79 Å². The fraction of sp³-hybridized carbons (Fsp3) is 0.864. The average molecular weight is 451 g/mol. The standard InChI is InChI=1S/C22H43O5PS/c1-2-19-22(23)26-20-17-15-13-11-9-7-5-3-4-6-8-10-12-14-16-18-21-27-28(24,25)29/h2,19H,3-18,20-21H2,1H3,(H2,24,25,29). The van der Waals surface area contributed by atoms with E-state index in [0.717, 1.165) is 25.7 Å². The van der Waals surface area contributed by atoms with Crippen LogP contribution in [-0.4, -0.2) is 29.0 Å². The topological polar surface area (TPSA) is 76.0 Å². The fourth-order valence-electron chi connectivity index (χ4n) is 3.22. The molecule has 0 aromatic heterocycles. The molecule has 0 bridgehead atoms. The summed E-state index contributed by atoms with van der Waals surface area (Å²) >= 11 is 4.40. The van der Waals surface area contributed by atoms with Crippen molar-refractivity contribution in [1.29, 1.82) is 0 Å². The molecule has 0 aliphatic carbocycles. The lowest BCUT2D eigenvalue weighted by molar-refractivity contribution is -0.137. The van der Waals surface area contributed by atoms with Crippen molar-refractivity contribution in [2.75, 3.05) is 13.2 Å². The van der Waals surface area contributed by atoms with Gasteiger partial charge in [-0.05, 0) is 31.6 Å². The van der Waals surface area contributed by atoms with Gasteiger partial charge in [-0.15, -0.1) is 0 Å². The number of rotatable bonds is 21. The Labute approximate surface area is 183 Å². The van der Waals surface area contributed by atoms with Crippen LogP contribution < -0.4 is 0 Å². The molecule has 0 radical (unpaired) electrons. The first-order valence-electron chi connectivity index (χ1n) is 11.5. The number of allylic oxidation sites excluding steroid dienone is 1. The van der Waals surface area contributed by atoms with Crippen molar-refractivity contribution in [3.8, 4) is 0 Å². The second-order valence-electron chi connectivity index (χ2n) is 7.65. The van der Waals surface area contributed by atoms with Gasteiger partial charge in [0.15, 0.2) is 0 Å². The van der Waals surface area contributed by atoms with Crippen molar-refractivity contribution < 1.29 is 23.8 Å². The molecule has 0 fully saturated rings. The second-order valence-corrected chi connectivity index (χ2v) is 10.3. The lowest BCUT2D eigenvalue weighted by Crippen LogP contribution is -2.01. The van der Waals surface area contributed by atoms with E-state index in [4.69, 9.17) is 19.0 Å². The minimum atomic E-state index is -3.45. The molecule has 0 heterocycles. The molecule has 7 heteroatoms. The Kier molecular flexibility index (Phi) is 20.8. The summed E-state index contributed by atoms with van der Waals surface area (Å²) in [5.41, 5.74) is 0. The van der Waals surface area contributed by atoms with E-state index in [1.165, 1.54) is 83.1 Å². The van der Waals surface area contributed by atoms with E-state index in [2.05, 4.69) is 11.8 Å². The highest BCUT2D eigenvalue weighted by Gasteiger charge is 2.06. The van der Waals surface area contributed by atoms with Gasteiger partial charge in [-0.3, -0.25) is 0 Å². The fourth-order valence-corrected chi connectivity index (χ4v) is 3.81. The molecule has 0 aromatic carbocycles. The molecule has 0 aliphatic heterocycles. The van der Waals surface area contributed by atoms with Gasteiger partial charge in [-0.25, -0.2) is 4.79 Å². The van der Waals surface area contributed by atoms with Crippen LogP contribution in [0.4, 0.5) is 0 Å². The number of unbranched alkanes of at least 4 members (excludes halogenated alkanes) is 15. The zero-order chi connectivity index (χ0) is 21.6. The maximum atomic E-state index is 11.1. The molecular weight excluding hydrogens is 407 g/mol. The van der Waals surface area contributed by atoms with Gasteiger partial charge in [0.1, 0.15) is 0 Å². The van der Waals surface area contributed by atoms with E-state index in [1.807, 2.05) is 6.92 Å². The Morgan fingerprint density at radius 3 is 1.41 bits per heavy atom. The Balaban J connectivity index is 3.10. The number of carbonyl (C=O) groups is 1. The number of esters is 1. The van der Waals surface area contributed by atoms with Crippen LogP contribution in [0.25, 0.3) is 0 Å². The number of ether oxygens (including phenoxy) is 1. The van der Waals surface area contributed by atoms with Crippen LogP contribution in [0.5, 0.6) is 0 Å². The second kappa shape index (κ2) is 21.0. The van der Waals surface area contributed by atoms with Crippen molar-refractivity contribution in [2.45, 2.75) is 110 Å². The Bertz CT molecular complexity index is 450. The predicted octanol–water partition coefficient (Wildman–Crippen LogP) is 6.57. The number of hydrogen-bond acceptors (Lipinski definition) is 4. The molecule has 0 saturated heterocycles. The smallest absolute Gasteiger partial charge is 0.330 e. The predicted molar refractivity (Wildman–Crippen MR) is 124 cm³/mol. The molecule has 0 atom stereocenters. The Hall–Kier alpha value is -0.260. The highest BCUT2D eigenvalue weighted by atomic mass is 32.5. The van der Waals surface area contributed by atoms with Gasteiger partial charge in [0, 0.05) is 6.08 Å². The van der Waals surface area contributed by atoms with Crippen molar-refractivity contribution in [3.05, 3.63) is 12.2 Å². The van der Waals surface area contributed by atoms with E-state index >= 15 is 0 Å². The summed E-state index contributed by atoms with van der Waals surface area (Å²) in [6.07, 6.45) is 22.8. The van der Waals surface area contributed by atoms with E-state index in [0.29, 0.717) is 13.2 Å². The molecule has 0 aromatic rings. The lowest BCUT2D eigenvalue weighted by atomic mass is 10.0. The highest BCUT2D eigenvalue weighted by molar-refractivity contribution is 8.06. The summed E-state index contributed by atoms with van der Waals surface area (Å²) in [6.45, 7) is -0.730. The molecule has 5 nitrogen and oxygen atoms in total. The first-order chi connectivity index (χ1) is 14.0. The molecule has 0 saturated carbocycles. The van der Waals surface area contributed by atoms with Crippen molar-refractivity contribution >= 4 is 24.5 Å². The first-order valence-corrected chi connectivity index (χ1v) is 14.1. The summed E-state index contributed by atoms with van der Waals surface area (Å²) in [5, 5.41) is 0. The molecular formula is C22H43O5PS. The van der Waals surface area contributed by atoms with E-state index in [1.54, 1.807) is 6.08 Å². The maximum absolute atomic E-state index is 11.1. The van der Waals surface area contributed by atoms with Gasteiger partial charge in [0.2, 0.25) is 0 Å².